The van der Waals surface area contributed by atoms with Crippen molar-refractivity contribution in [3.63, 3.8) is 0 Å². The predicted octanol–water partition coefficient (Wildman–Crippen LogP) is 5.63. The summed E-state index contributed by atoms with van der Waals surface area (Å²) in [7, 11) is 0. The summed E-state index contributed by atoms with van der Waals surface area (Å²) in [5, 5.41) is 6.93. The molecule has 0 aliphatic heterocycles. The predicted molar refractivity (Wildman–Crippen MR) is 103 cm³/mol. The number of hydrazone groups is 1. The van der Waals surface area contributed by atoms with E-state index in [4.69, 9.17) is 0 Å². The van der Waals surface area contributed by atoms with Gasteiger partial charge in [0.1, 0.15) is 0 Å². The summed E-state index contributed by atoms with van der Waals surface area (Å²) in [4.78, 5) is 0. The Labute approximate surface area is 141 Å². The van der Waals surface area contributed by atoms with Crippen LogP contribution in [0, 0.1) is 0 Å². The Bertz CT molecular complexity index is 950. The fourth-order valence-corrected chi connectivity index (χ4v) is 3.05. The first-order valence-corrected chi connectivity index (χ1v) is 8.14. The topological polar surface area (TPSA) is 24.4 Å². The first-order chi connectivity index (χ1) is 11.9. The molecule has 0 fully saturated rings. The molecule has 4 rings (SSSR count). The molecule has 3 aromatic carbocycles. The standard InChI is InChI=1S/C22H18N2/c1-2-11-19(12-3-1)24-23-16-22-20-13-7-6-10-18(20)14-15-21(22)17-8-4-5-9-17/h1-8,10-16,24H,9H2. The molecule has 1 aliphatic rings. The quantitative estimate of drug-likeness (QED) is 0.490. The molecule has 0 heterocycles. The molecule has 3 aromatic rings. The summed E-state index contributed by atoms with van der Waals surface area (Å²) in [5.41, 5.74) is 7.83. The molecule has 116 valence electrons. The summed E-state index contributed by atoms with van der Waals surface area (Å²) in [6.07, 6.45) is 9.41. The minimum absolute atomic E-state index is 0.977. The Morgan fingerprint density at radius 2 is 1.71 bits per heavy atom. The average Bonchev–Trinajstić information content (AvgIpc) is 3.17. The lowest BCUT2D eigenvalue weighted by atomic mass is 9.94. The van der Waals surface area contributed by atoms with Crippen LogP contribution in [0.3, 0.4) is 0 Å². The van der Waals surface area contributed by atoms with Crippen LogP contribution in [0.15, 0.2) is 90.1 Å². The summed E-state index contributed by atoms with van der Waals surface area (Å²) in [5.74, 6) is 0. The second kappa shape index (κ2) is 6.55. The summed E-state index contributed by atoms with van der Waals surface area (Å²) in [6.45, 7) is 0. The molecule has 2 nitrogen and oxygen atoms in total. The normalized spacial score (nSPS) is 13.6. The maximum Gasteiger partial charge on any atom is 0.0561 e. The second-order valence-electron chi connectivity index (χ2n) is 5.81. The second-order valence-corrected chi connectivity index (χ2v) is 5.81. The minimum Gasteiger partial charge on any atom is -0.279 e. The Balaban J connectivity index is 1.75. The van der Waals surface area contributed by atoms with Crippen molar-refractivity contribution < 1.29 is 0 Å². The van der Waals surface area contributed by atoms with Crippen LogP contribution in [0.25, 0.3) is 16.3 Å². The van der Waals surface area contributed by atoms with Crippen LogP contribution < -0.4 is 5.43 Å². The number of nitrogens with zero attached hydrogens (tertiary/aromatic N) is 1. The van der Waals surface area contributed by atoms with Crippen LogP contribution >= 0.6 is 0 Å². The third-order valence-electron chi connectivity index (χ3n) is 4.25. The van der Waals surface area contributed by atoms with Gasteiger partial charge in [-0.15, -0.1) is 0 Å². The van der Waals surface area contributed by atoms with E-state index in [1.165, 1.54) is 21.9 Å². The Kier molecular flexibility index (Phi) is 3.95. The number of rotatable bonds is 4. The van der Waals surface area contributed by atoms with Gasteiger partial charge in [-0.1, -0.05) is 72.8 Å². The lowest BCUT2D eigenvalue weighted by Gasteiger charge is -2.11. The van der Waals surface area contributed by atoms with Gasteiger partial charge in [0.25, 0.3) is 0 Å². The van der Waals surface area contributed by atoms with Gasteiger partial charge in [0, 0.05) is 5.56 Å². The highest BCUT2D eigenvalue weighted by atomic mass is 15.3. The van der Waals surface area contributed by atoms with Crippen LogP contribution in [-0.4, -0.2) is 6.21 Å². The Morgan fingerprint density at radius 1 is 0.875 bits per heavy atom. The maximum absolute atomic E-state index is 4.47. The van der Waals surface area contributed by atoms with E-state index in [9.17, 15) is 0 Å². The molecule has 0 unspecified atom stereocenters. The van der Waals surface area contributed by atoms with Crippen LogP contribution in [0.4, 0.5) is 5.69 Å². The zero-order valence-corrected chi connectivity index (χ0v) is 13.3. The molecule has 0 radical (unpaired) electrons. The molecule has 0 spiro atoms. The molecule has 0 bridgehead atoms. The Hall–Kier alpha value is -3.13. The zero-order chi connectivity index (χ0) is 16.2. The zero-order valence-electron chi connectivity index (χ0n) is 13.3. The monoisotopic (exact) mass is 310 g/mol. The molecule has 0 saturated carbocycles. The third-order valence-corrected chi connectivity index (χ3v) is 4.25. The molecule has 0 atom stereocenters. The Morgan fingerprint density at radius 3 is 2.54 bits per heavy atom. The van der Waals surface area contributed by atoms with E-state index in [0.29, 0.717) is 0 Å². The number of allylic oxidation sites excluding steroid dienone is 4. The largest absolute Gasteiger partial charge is 0.279 e. The molecule has 0 amide bonds. The number of hydrogen-bond acceptors (Lipinski definition) is 2. The molecule has 2 heteroatoms. The minimum atomic E-state index is 0.977. The van der Waals surface area contributed by atoms with Crippen molar-refractivity contribution in [3.05, 3.63) is 96.1 Å². The number of hydrogen-bond donors (Lipinski definition) is 1. The van der Waals surface area contributed by atoms with Crippen molar-refractivity contribution in [3.8, 4) is 0 Å². The summed E-state index contributed by atoms with van der Waals surface area (Å²) in [6, 6.07) is 22.8. The number of benzene rings is 3. The molecule has 1 aliphatic carbocycles. The van der Waals surface area contributed by atoms with E-state index in [0.717, 1.165) is 17.7 Å². The van der Waals surface area contributed by atoms with Gasteiger partial charge in [-0.2, -0.15) is 5.10 Å². The molecular weight excluding hydrogens is 292 g/mol. The summed E-state index contributed by atoms with van der Waals surface area (Å²) < 4.78 is 0. The van der Waals surface area contributed by atoms with Crippen LogP contribution in [-0.2, 0) is 0 Å². The summed E-state index contributed by atoms with van der Waals surface area (Å²) >= 11 is 0. The molecule has 1 N–H and O–H groups in total. The molecule has 0 aromatic heterocycles. The van der Waals surface area contributed by atoms with Crippen LogP contribution in [0.5, 0.6) is 0 Å². The fraction of sp³-hybridized carbons (Fsp3) is 0.0455. The number of fused-ring (bicyclic) bond motifs is 1. The highest BCUT2D eigenvalue weighted by Gasteiger charge is 2.10. The van der Waals surface area contributed by atoms with E-state index in [-0.39, 0.29) is 0 Å². The van der Waals surface area contributed by atoms with Crippen molar-refractivity contribution in [2.75, 3.05) is 5.43 Å². The van der Waals surface area contributed by atoms with Gasteiger partial charge in [-0.25, -0.2) is 0 Å². The van der Waals surface area contributed by atoms with E-state index in [1.54, 1.807) is 0 Å². The van der Waals surface area contributed by atoms with Crippen molar-refractivity contribution in [1.29, 1.82) is 0 Å². The van der Waals surface area contributed by atoms with Gasteiger partial charge in [0.15, 0.2) is 0 Å². The van der Waals surface area contributed by atoms with E-state index >= 15 is 0 Å². The molecule has 24 heavy (non-hydrogen) atoms. The third kappa shape index (κ3) is 2.86. The molecule has 0 saturated heterocycles. The maximum atomic E-state index is 4.47. The fourth-order valence-electron chi connectivity index (χ4n) is 3.05. The number of anilines is 1. The van der Waals surface area contributed by atoms with Crippen LogP contribution in [0.1, 0.15) is 17.5 Å². The average molecular weight is 310 g/mol. The van der Waals surface area contributed by atoms with Crippen molar-refractivity contribution in [1.82, 2.24) is 0 Å². The van der Waals surface area contributed by atoms with Crippen molar-refractivity contribution in [2.45, 2.75) is 6.42 Å². The molecular formula is C22H18N2. The van der Waals surface area contributed by atoms with Gasteiger partial charge in [-0.3, -0.25) is 5.43 Å². The number of nitrogens with one attached hydrogen (secondary N) is 1. The van der Waals surface area contributed by atoms with Gasteiger partial charge >= 0.3 is 0 Å². The van der Waals surface area contributed by atoms with Crippen LogP contribution in [0.2, 0.25) is 0 Å². The SMILES string of the molecule is C1=CCC(c2ccc3ccccc3c2C=NNc2ccccc2)=C1. The van der Waals surface area contributed by atoms with E-state index < -0.39 is 0 Å². The lowest BCUT2D eigenvalue weighted by molar-refractivity contribution is 1.35. The highest BCUT2D eigenvalue weighted by molar-refractivity contribution is 6.04. The first-order valence-electron chi connectivity index (χ1n) is 8.14. The smallest absolute Gasteiger partial charge is 0.0561 e. The van der Waals surface area contributed by atoms with Gasteiger partial charge in [0.05, 0.1) is 11.9 Å². The van der Waals surface area contributed by atoms with Gasteiger partial charge < -0.3 is 0 Å². The first kappa shape index (κ1) is 14.5. The van der Waals surface area contributed by atoms with E-state index in [2.05, 4.69) is 65.2 Å². The highest BCUT2D eigenvalue weighted by Crippen LogP contribution is 2.30. The van der Waals surface area contributed by atoms with Crippen molar-refractivity contribution >= 4 is 28.2 Å². The van der Waals surface area contributed by atoms with Gasteiger partial charge in [-0.05, 0) is 40.5 Å². The van der Waals surface area contributed by atoms with E-state index in [1.807, 2.05) is 36.5 Å². The van der Waals surface area contributed by atoms with Gasteiger partial charge in [0.2, 0.25) is 0 Å². The number of para-hydroxylation sites is 1. The lowest BCUT2D eigenvalue weighted by Crippen LogP contribution is -1.96. The van der Waals surface area contributed by atoms with Crippen molar-refractivity contribution in [2.24, 2.45) is 5.10 Å².